The molecule has 0 bridgehead atoms. The summed E-state index contributed by atoms with van der Waals surface area (Å²) in [7, 11) is -3.90. The fraction of sp³-hybridized carbons (Fsp3) is 1.00. The van der Waals surface area contributed by atoms with Crippen molar-refractivity contribution in [2.75, 3.05) is 19.0 Å². The predicted octanol–water partition coefficient (Wildman–Crippen LogP) is -1.20. The van der Waals surface area contributed by atoms with E-state index in [0.717, 1.165) is 0 Å². The summed E-state index contributed by atoms with van der Waals surface area (Å²) in [6, 6.07) is 0. The van der Waals surface area contributed by atoms with Gasteiger partial charge in [0.05, 0.1) is 0 Å². The van der Waals surface area contributed by atoms with Crippen LogP contribution < -0.4 is 5.32 Å². The molecule has 0 amide bonds. The normalized spacial score (nSPS) is 11.8. The zero-order valence-electron chi connectivity index (χ0n) is 5.45. The molecule has 0 atom stereocenters. The van der Waals surface area contributed by atoms with E-state index in [-0.39, 0.29) is 6.61 Å². The first-order chi connectivity index (χ1) is 4.56. The van der Waals surface area contributed by atoms with Gasteiger partial charge in [-0.3, -0.25) is 4.55 Å². The van der Waals surface area contributed by atoms with Gasteiger partial charge in [-0.2, -0.15) is 8.42 Å². The van der Waals surface area contributed by atoms with Crippen molar-refractivity contribution in [3.63, 3.8) is 0 Å². The molecule has 0 aliphatic rings. The summed E-state index contributed by atoms with van der Waals surface area (Å²) in [5.41, 5.74) is 0. The van der Waals surface area contributed by atoms with Crippen LogP contribution in [0.25, 0.3) is 0 Å². The van der Waals surface area contributed by atoms with Gasteiger partial charge in [-0.15, -0.1) is 0 Å². The first kappa shape index (κ1) is 9.83. The van der Waals surface area contributed by atoms with E-state index in [1.54, 1.807) is 0 Å². The largest absolute Gasteiger partial charge is 0.396 e. The average Bonchev–Trinajstić information content (AvgIpc) is 1.78. The second-order valence-electron chi connectivity index (χ2n) is 1.80. The van der Waals surface area contributed by atoms with Crippen molar-refractivity contribution in [2.24, 2.45) is 0 Å². The fourth-order valence-corrected chi connectivity index (χ4v) is 0.807. The molecule has 62 valence electrons. The minimum absolute atomic E-state index is 0.0124. The Labute approximate surface area is 59.8 Å². The van der Waals surface area contributed by atoms with Crippen LogP contribution in [-0.2, 0) is 10.1 Å². The summed E-state index contributed by atoms with van der Waals surface area (Å²) in [5, 5.41) is 10.7. The molecule has 0 unspecified atom stereocenters. The summed E-state index contributed by atoms with van der Waals surface area (Å²) in [6.45, 7) is 0.398. The summed E-state index contributed by atoms with van der Waals surface area (Å²) in [4.78, 5) is 0. The Hall–Kier alpha value is -0.170. The molecule has 0 aromatic heterocycles. The molecule has 3 N–H and O–H groups in total. The predicted molar refractivity (Wildman–Crippen MR) is 36.1 cm³/mol. The molecule has 10 heavy (non-hydrogen) atoms. The van der Waals surface area contributed by atoms with Crippen molar-refractivity contribution < 1.29 is 18.1 Å². The van der Waals surface area contributed by atoms with Gasteiger partial charge >= 0.3 is 0 Å². The van der Waals surface area contributed by atoms with Crippen LogP contribution in [-0.4, -0.2) is 37.1 Å². The summed E-state index contributed by atoms with van der Waals surface area (Å²) >= 11 is 0. The molecule has 0 saturated carbocycles. The van der Waals surface area contributed by atoms with Gasteiger partial charge in [0.15, 0.2) is 0 Å². The van der Waals surface area contributed by atoms with Gasteiger partial charge in [0.25, 0.3) is 10.1 Å². The Kier molecular flexibility index (Phi) is 4.54. The van der Waals surface area contributed by atoms with Gasteiger partial charge in [-0.1, -0.05) is 0 Å². The first-order valence-electron chi connectivity index (χ1n) is 2.83. The Bertz CT molecular complexity index is 164. The van der Waals surface area contributed by atoms with Crippen molar-refractivity contribution >= 4 is 10.1 Å². The van der Waals surface area contributed by atoms with E-state index in [1.807, 2.05) is 0 Å². The number of aliphatic hydroxyl groups is 1. The van der Waals surface area contributed by atoms with E-state index >= 15 is 0 Å². The SMILES string of the molecule is O=S(=O)(O)CNCCCO. The molecular weight excluding hydrogens is 158 g/mol. The molecule has 0 saturated heterocycles. The van der Waals surface area contributed by atoms with E-state index in [1.165, 1.54) is 0 Å². The maximum Gasteiger partial charge on any atom is 0.278 e. The van der Waals surface area contributed by atoms with Gasteiger partial charge in [-0.25, -0.2) is 0 Å². The number of hydrogen-bond acceptors (Lipinski definition) is 4. The van der Waals surface area contributed by atoms with E-state index < -0.39 is 16.0 Å². The first-order valence-corrected chi connectivity index (χ1v) is 4.44. The molecule has 0 fully saturated rings. The smallest absolute Gasteiger partial charge is 0.278 e. The van der Waals surface area contributed by atoms with E-state index in [9.17, 15) is 8.42 Å². The Balaban J connectivity index is 3.21. The van der Waals surface area contributed by atoms with E-state index in [0.29, 0.717) is 13.0 Å². The molecular formula is C4H11NO4S. The zero-order chi connectivity index (χ0) is 8.04. The highest BCUT2D eigenvalue weighted by Crippen LogP contribution is 1.77. The third-order valence-electron chi connectivity index (χ3n) is 0.796. The molecule has 0 aliphatic heterocycles. The lowest BCUT2D eigenvalue weighted by Crippen LogP contribution is -2.23. The number of hydrogen-bond donors (Lipinski definition) is 3. The summed E-state index contributed by atoms with van der Waals surface area (Å²) in [6.07, 6.45) is 0.482. The minimum atomic E-state index is -3.90. The average molecular weight is 169 g/mol. The zero-order valence-corrected chi connectivity index (χ0v) is 6.26. The van der Waals surface area contributed by atoms with Crippen LogP contribution in [0.5, 0.6) is 0 Å². The molecule has 0 aromatic carbocycles. The molecule has 6 heteroatoms. The summed E-state index contributed by atoms with van der Waals surface area (Å²) < 4.78 is 28.2. The van der Waals surface area contributed by atoms with Crippen molar-refractivity contribution in [2.45, 2.75) is 6.42 Å². The van der Waals surface area contributed by atoms with E-state index in [4.69, 9.17) is 9.66 Å². The molecule has 0 heterocycles. The maximum atomic E-state index is 10.0. The van der Waals surface area contributed by atoms with Crippen molar-refractivity contribution in [3.8, 4) is 0 Å². The van der Waals surface area contributed by atoms with Crippen LogP contribution >= 0.6 is 0 Å². The topological polar surface area (TPSA) is 86.6 Å². The molecule has 5 nitrogen and oxygen atoms in total. The van der Waals surface area contributed by atoms with Gasteiger partial charge in [-0.05, 0) is 13.0 Å². The van der Waals surface area contributed by atoms with Crippen molar-refractivity contribution in [1.82, 2.24) is 5.32 Å². The second kappa shape index (κ2) is 4.62. The van der Waals surface area contributed by atoms with Gasteiger partial charge in [0.1, 0.15) is 5.88 Å². The van der Waals surface area contributed by atoms with Gasteiger partial charge in [0, 0.05) is 6.61 Å². The maximum absolute atomic E-state index is 10.0. The fourth-order valence-electron chi connectivity index (χ4n) is 0.405. The van der Waals surface area contributed by atoms with Crippen LogP contribution in [0, 0.1) is 0 Å². The lowest BCUT2D eigenvalue weighted by atomic mass is 10.5. The third-order valence-corrected chi connectivity index (χ3v) is 1.37. The number of aliphatic hydroxyl groups excluding tert-OH is 1. The van der Waals surface area contributed by atoms with Crippen LogP contribution in [0.15, 0.2) is 0 Å². The Morgan fingerprint density at radius 2 is 2.00 bits per heavy atom. The van der Waals surface area contributed by atoms with Crippen LogP contribution in [0.2, 0.25) is 0 Å². The Morgan fingerprint density at radius 3 is 2.40 bits per heavy atom. The van der Waals surface area contributed by atoms with Crippen molar-refractivity contribution in [1.29, 1.82) is 0 Å². The highest BCUT2D eigenvalue weighted by molar-refractivity contribution is 7.85. The summed E-state index contributed by atoms with van der Waals surface area (Å²) in [5.74, 6) is -0.451. The number of nitrogens with one attached hydrogen (secondary N) is 1. The second-order valence-corrected chi connectivity index (χ2v) is 3.26. The highest BCUT2D eigenvalue weighted by atomic mass is 32.2. The van der Waals surface area contributed by atoms with Gasteiger partial charge < -0.3 is 10.4 Å². The molecule has 0 aliphatic carbocycles. The minimum Gasteiger partial charge on any atom is -0.396 e. The number of rotatable bonds is 5. The quantitative estimate of drug-likeness (QED) is 0.355. The lowest BCUT2D eigenvalue weighted by molar-refractivity contribution is 0.287. The van der Waals surface area contributed by atoms with Crippen LogP contribution in [0.4, 0.5) is 0 Å². The molecule has 0 spiro atoms. The third kappa shape index (κ3) is 7.83. The van der Waals surface area contributed by atoms with Crippen LogP contribution in [0.3, 0.4) is 0 Å². The van der Waals surface area contributed by atoms with Crippen molar-refractivity contribution in [3.05, 3.63) is 0 Å². The molecule has 0 radical (unpaired) electrons. The monoisotopic (exact) mass is 169 g/mol. The highest BCUT2D eigenvalue weighted by Gasteiger charge is 2.00. The molecule has 0 aromatic rings. The molecule has 0 rings (SSSR count). The lowest BCUT2D eigenvalue weighted by Gasteiger charge is -1.98. The Morgan fingerprint density at radius 1 is 1.40 bits per heavy atom. The van der Waals surface area contributed by atoms with Crippen LogP contribution in [0.1, 0.15) is 6.42 Å². The van der Waals surface area contributed by atoms with E-state index in [2.05, 4.69) is 5.32 Å². The standard InChI is InChI=1S/C4H11NO4S/c6-3-1-2-5-4-10(7,8)9/h5-6H,1-4H2,(H,7,8,9). The van der Waals surface area contributed by atoms with Gasteiger partial charge in [0.2, 0.25) is 0 Å².